The second-order valence-electron chi connectivity index (χ2n) is 7.03. The van der Waals surface area contributed by atoms with E-state index in [0.29, 0.717) is 28.7 Å². The van der Waals surface area contributed by atoms with Crippen molar-refractivity contribution < 1.29 is 24.2 Å². The Morgan fingerprint density at radius 2 is 1.85 bits per heavy atom. The fourth-order valence-electron chi connectivity index (χ4n) is 3.07. The quantitative estimate of drug-likeness (QED) is 0.309. The van der Waals surface area contributed by atoms with E-state index in [4.69, 9.17) is 21.1 Å². The number of carboxylic acids is 1. The zero-order chi connectivity index (χ0) is 24.5. The largest absolute Gasteiger partial charge is 0.490 e. The van der Waals surface area contributed by atoms with Crippen molar-refractivity contribution >= 4 is 35.2 Å². The van der Waals surface area contributed by atoms with Crippen molar-refractivity contribution in [3.63, 3.8) is 0 Å². The summed E-state index contributed by atoms with van der Waals surface area (Å²) in [5, 5.41) is 21.9. The summed E-state index contributed by atoms with van der Waals surface area (Å²) in [7, 11) is 0. The molecule has 0 bridgehead atoms. The number of carbonyl (C=O) groups is 2. The minimum absolute atomic E-state index is 0.0759. The minimum atomic E-state index is -1.19. The van der Waals surface area contributed by atoms with Crippen LogP contribution >= 0.6 is 11.6 Å². The first-order valence-corrected chi connectivity index (χ1v) is 10.7. The molecule has 172 valence electrons. The number of nitriles is 1. The third kappa shape index (κ3) is 6.37. The summed E-state index contributed by atoms with van der Waals surface area (Å²) < 4.78 is 11.5. The standard InChI is InChI=1S/C26H21ClN2O5/c1-2-33-24-14-17(10-11-23(24)34-16-18-6-5-7-20(27)13-18)12-19(15-28)25(30)29-22-9-4-3-8-21(22)26(31)32/h3-14H,2,16H2,1H3,(H,29,30)(H,31,32)/b19-12+. The van der Waals surface area contributed by atoms with Gasteiger partial charge in [-0.1, -0.05) is 41.9 Å². The summed E-state index contributed by atoms with van der Waals surface area (Å²) in [4.78, 5) is 24.0. The maximum atomic E-state index is 12.6. The normalized spacial score (nSPS) is 10.8. The molecule has 2 N–H and O–H groups in total. The molecule has 3 aromatic carbocycles. The van der Waals surface area contributed by atoms with Gasteiger partial charge >= 0.3 is 5.97 Å². The molecule has 0 saturated carbocycles. The fraction of sp³-hybridized carbons (Fsp3) is 0.115. The Kier molecular flexibility index (Phi) is 8.27. The van der Waals surface area contributed by atoms with Gasteiger partial charge in [-0.05, 0) is 60.5 Å². The summed E-state index contributed by atoms with van der Waals surface area (Å²) in [5.41, 5.74) is 1.25. The maximum absolute atomic E-state index is 12.6. The van der Waals surface area contributed by atoms with Crippen molar-refractivity contribution in [3.05, 3.63) is 94.0 Å². The van der Waals surface area contributed by atoms with Gasteiger partial charge in [-0.3, -0.25) is 4.79 Å². The van der Waals surface area contributed by atoms with Crippen LogP contribution in [0.3, 0.4) is 0 Å². The van der Waals surface area contributed by atoms with Crippen molar-refractivity contribution in [2.45, 2.75) is 13.5 Å². The molecular formula is C26H21ClN2O5. The van der Waals surface area contributed by atoms with E-state index < -0.39 is 11.9 Å². The highest BCUT2D eigenvalue weighted by Gasteiger charge is 2.15. The Labute approximate surface area is 201 Å². The van der Waals surface area contributed by atoms with Crippen LogP contribution in [0.15, 0.2) is 72.3 Å². The van der Waals surface area contributed by atoms with Crippen LogP contribution in [0, 0.1) is 11.3 Å². The topological polar surface area (TPSA) is 109 Å². The van der Waals surface area contributed by atoms with E-state index in [-0.39, 0.29) is 23.4 Å². The highest BCUT2D eigenvalue weighted by molar-refractivity contribution is 6.30. The number of para-hydroxylation sites is 1. The van der Waals surface area contributed by atoms with Crippen LogP contribution in [0.25, 0.3) is 6.08 Å². The summed E-state index contributed by atoms with van der Waals surface area (Å²) >= 11 is 6.02. The van der Waals surface area contributed by atoms with E-state index in [2.05, 4.69) is 5.32 Å². The van der Waals surface area contributed by atoms with Crippen LogP contribution < -0.4 is 14.8 Å². The molecule has 0 unspecified atom stereocenters. The van der Waals surface area contributed by atoms with Crippen molar-refractivity contribution in [1.29, 1.82) is 5.26 Å². The molecule has 3 aromatic rings. The maximum Gasteiger partial charge on any atom is 0.337 e. The van der Waals surface area contributed by atoms with Crippen LogP contribution in [0.4, 0.5) is 5.69 Å². The van der Waals surface area contributed by atoms with Crippen molar-refractivity contribution in [2.24, 2.45) is 0 Å². The van der Waals surface area contributed by atoms with Gasteiger partial charge in [0.1, 0.15) is 18.2 Å². The number of ether oxygens (including phenoxy) is 2. The second kappa shape index (κ2) is 11.5. The number of carboxylic acid groups (broad SMARTS) is 1. The lowest BCUT2D eigenvalue weighted by molar-refractivity contribution is -0.112. The monoisotopic (exact) mass is 476 g/mol. The lowest BCUT2D eigenvalue weighted by Crippen LogP contribution is -2.16. The first kappa shape index (κ1) is 24.4. The molecule has 0 atom stereocenters. The van der Waals surface area contributed by atoms with Gasteiger partial charge in [0.25, 0.3) is 5.91 Å². The van der Waals surface area contributed by atoms with E-state index >= 15 is 0 Å². The SMILES string of the molecule is CCOc1cc(/C=C(\C#N)C(=O)Nc2ccccc2C(=O)O)ccc1OCc1cccc(Cl)c1. The average Bonchev–Trinajstić information content (AvgIpc) is 2.82. The number of hydrogen-bond acceptors (Lipinski definition) is 5. The van der Waals surface area contributed by atoms with Crippen LogP contribution in [-0.4, -0.2) is 23.6 Å². The van der Waals surface area contributed by atoms with Gasteiger partial charge in [0.05, 0.1) is 17.9 Å². The van der Waals surface area contributed by atoms with Crippen molar-refractivity contribution in [3.8, 4) is 17.6 Å². The van der Waals surface area contributed by atoms with Gasteiger partial charge in [-0.15, -0.1) is 0 Å². The molecule has 0 saturated heterocycles. The molecule has 8 heteroatoms. The first-order valence-electron chi connectivity index (χ1n) is 10.3. The summed E-state index contributed by atoms with van der Waals surface area (Å²) in [6.07, 6.45) is 1.39. The molecule has 7 nitrogen and oxygen atoms in total. The predicted molar refractivity (Wildman–Crippen MR) is 129 cm³/mol. The molecule has 0 aliphatic carbocycles. The molecule has 3 rings (SSSR count). The Balaban J connectivity index is 1.81. The van der Waals surface area contributed by atoms with Gasteiger partial charge in [-0.25, -0.2) is 4.79 Å². The lowest BCUT2D eigenvalue weighted by Gasteiger charge is -2.13. The zero-order valence-corrected chi connectivity index (χ0v) is 19.0. The Morgan fingerprint density at radius 1 is 1.06 bits per heavy atom. The molecule has 34 heavy (non-hydrogen) atoms. The fourth-order valence-corrected chi connectivity index (χ4v) is 3.29. The molecule has 0 radical (unpaired) electrons. The number of rotatable bonds is 9. The molecule has 0 aliphatic rings. The molecule has 1 amide bonds. The average molecular weight is 477 g/mol. The van der Waals surface area contributed by atoms with Gasteiger partial charge < -0.3 is 19.9 Å². The van der Waals surface area contributed by atoms with Gasteiger partial charge in [0.15, 0.2) is 11.5 Å². The van der Waals surface area contributed by atoms with Crippen LogP contribution in [0.2, 0.25) is 5.02 Å². The Hall–Kier alpha value is -4.28. The highest BCUT2D eigenvalue weighted by atomic mass is 35.5. The third-order valence-corrected chi connectivity index (χ3v) is 4.87. The van der Waals surface area contributed by atoms with Crippen LogP contribution in [0.5, 0.6) is 11.5 Å². The highest BCUT2D eigenvalue weighted by Crippen LogP contribution is 2.30. The van der Waals surface area contributed by atoms with Crippen molar-refractivity contribution in [1.82, 2.24) is 0 Å². The van der Waals surface area contributed by atoms with Crippen LogP contribution in [-0.2, 0) is 11.4 Å². The molecule has 0 aliphatic heterocycles. The summed E-state index contributed by atoms with van der Waals surface area (Å²) in [5.74, 6) is -0.965. The van der Waals surface area contributed by atoms with Crippen molar-refractivity contribution in [2.75, 3.05) is 11.9 Å². The number of aromatic carboxylic acids is 1. The van der Waals surface area contributed by atoms with Crippen LogP contribution in [0.1, 0.15) is 28.4 Å². The number of nitrogens with one attached hydrogen (secondary N) is 1. The smallest absolute Gasteiger partial charge is 0.337 e. The van der Waals surface area contributed by atoms with Gasteiger partial charge in [-0.2, -0.15) is 5.26 Å². The number of anilines is 1. The molecule has 0 spiro atoms. The van der Waals surface area contributed by atoms with E-state index in [1.54, 1.807) is 42.5 Å². The van der Waals surface area contributed by atoms with E-state index in [0.717, 1.165) is 5.56 Å². The molecule has 0 aromatic heterocycles. The number of amides is 1. The Bertz CT molecular complexity index is 1280. The second-order valence-corrected chi connectivity index (χ2v) is 7.47. The third-order valence-electron chi connectivity index (χ3n) is 4.63. The zero-order valence-electron chi connectivity index (χ0n) is 18.2. The summed E-state index contributed by atoms with van der Waals surface area (Å²) in [6.45, 7) is 2.50. The van der Waals surface area contributed by atoms with E-state index in [1.807, 2.05) is 25.1 Å². The minimum Gasteiger partial charge on any atom is -0.490 e. The number of carbonyl (C=O) groups excluding carboxylic acids is 1. The number of hydrogen-bond donors (Lipinski definition) is 2. The van der Waals surface area contributed by atoms with Gasteiger partial charge in [0.2, 0.25) is 0 Å². The number of halogens is 1. The van der Waals surface area contributed by atoms with E-state index in [9.17, 15) is 20.0 Å². The lowest BCUT2D eigenvalue weighted by atomic mass is 10.1. The van der Waals surface area contributed by atoms with E-state index in [1.165, 1.54) is 18.2 Å². The predicted octanol–water partition coefficient (Wildman–Crippen LogP) is 5.56. The molecule has 0 fully saturated rings. The summed E-state index contributed by atoms with van der Waals surface area (Å²) in [6, 6.07) is 20.2. The number of benzene rings is 3. The van der Waals surface area contributed by atoms with Gasteiger partial charge in [0, 0.05) is 5.02 Å². The first-order chi connectivity index (χ1) is 16.4. The number of nitrogens with zero attached hydrogens (tertiary/aromatic N) is 1. The molecular weight excluding hydrogens is 456 g/mol. The Morgan fingerprint density at radius 3 is 2.56 bits per heavy atom. The molecule has 0 heterocycles.